The lowest BCUT2D eigenvalue weighted by atomic mass is 9.88. The van der Waals surface area contributed by atoms with Gasteiger partial charge in [-0.1, -0.05) is 0 Å². The van der Waals surface area contributed by atoms with Crippen LogP contribution >= 0.6 is 0 Å². The van der Waals surface area contributed by atoms with Crippen LogP contribution in [0.3, 0.4) is 0 Å². The zero-order valence-corrected chi connectivity index (χ0v) is 7.02. The second-order valence-electron chi connectivity index (χ2n) is 3.08. The first-order chi connectivity index (χ1) is 6.03. The maximum Gasteiger partial charge on any atom is 0.315 e. The Morgan fingerprint density at radius 2 is 2.15 bits per heavy atom. The lowest BCUT2D eigenvalue weighted by molar-refractivity contribution is -0.0896. The highest BCUT2D eigenvalue weighted by molar-refractivity contribution is 5.74. The summed E-state index contributed by atoms with van der Waals surface area (Å²) in [6, 6.07) is -0.941. The first kappa shape index (κ1) is 10.2. The van der Waals surface area contributed by atoms with Crippen molar-refractivity contribution in [1.29, 1.82) is 0 Å². The van der Waals surface area contributed by atoms with Gasteiger partial charge in [0.05, 0.1) is 6.61 Å². The van der Waals surface area contributed by atoms with Crippen LogP contribution in [0, 0.1) is 0 Å². The van der Waals surface area contributed by atoms with Crippen molar-refractivity contribution in [3.05, 3.63) is 0 Å². The summed E-state index contributed by atoms with van der Waals surface area (Å²) in [4.78, 5) is 10.8. The number of amides is 2. The van der Waals surface area contributed by atoms with E-state index in [-0.39, 0.29) is 26.0 Å². The summed E-state index contributed by atoms with van der Waals surface area (Å²) >= 11 is 0. The van der Waals surface area contributed by atoms with Crippen molar-refractivity contribution in [3.63, 3.8) is 0 Å². The first-order valence-electron chi connectivity index (χ1n) is 4.06. The molecule has 13 heavy (non-hydrogen) atoms. The monoisotopic (exact) mass is 194 g/mol. The molecule has 0 atom stereocenters. The quantitative estimate of drug-likeness (QED) is 0.595. The third-order valence-corrected chi connectivity index (χ3v) is 1.82. The highest BCUT2D eigenvalue weighted by Crippen LogP contribution is 2.37. The van der Waals surface area contributed by atoms with Gasteiger partial charge in [0.2, 0.25) is 0 Å². The Hall–Kier alpha value is -0.910. The lowest BCUT2D eigenvalue weighted by Crippen LogP contribution is -2.53. The van der Waals surface area contributed by atoms with Gasteiger partial charge >= 0.3 is 6.03 Å². The van der Waals surface area contributed by atoms with Gasteiger partial charge in [0.25, 0.3) is 5.92 Å². The second kappa shape index (κ2) is 3.87. The highest BCUT2D eigenvalue weighted by atomic mass is 19.3. The van der Waals surface area contributed by atoms with Crippen LogP contribution in [0.2, 0.25) is 0 Å². The van der Waals surface area contributed by atoms with E-state index in [4.69, 9.17) is 5.11 Å². The minimum Gasteiger partial charge on any atom is -0.395 e. The fraction of sp³-hybridized carbons (Fsp3) is 0.857. The van der Waals surface area contributed by atoms with Crippen molar-refractivity contribution in [1.82, 2.24) is 10.6 Å². The molecule has 0 saturated heterocycles. The number of hydrogen-bond acceptors (Lipinski definition) is 2. The van der Waals surface area contributed by atoms with Crippen LogP contribution in [0.4, 0.5) is 13.6 Å². The molecule has 0 spiro atoms. The van der Waals surface area contributed by atoms with Gasteiger partial charge in [0.1, 0.15) is 0 Å². The van der Waals surface area contributed by atoms with E-state index in [2.05, 4.69) is 10.6 Å². The summed E-state index contributed by atoms with van der Waals surface area (Å²) in [5, 5.41) is 13.0. The van der Waals surface area contributed by atoms with E-state index in [0.29, 0.717) is 0 Å². The van der Waals surface area contributed by atoms with E-state index in [9.17, 15) is 13.6 Å². The van der Waals surface area contributed by atoms with Crippen molar-refractivity contribution in [2.75, 3.05) is 13.2 Å². The Morgan fingerprint density at radius 1 is 1.54 bits per heavy atom. The molecule has 0 aromatic heterocycles. The molecule has 6 heteroatoms. The van der Waals surface area contributed by atoms with Crippen LogP contribution in [-0.2, 0) is 0 Å². The molecule has 0 bridgehead atoms. The molecule has 0 heterocycles. The van der Waals surface area contributed by atoms with Crippen LogP contribution in [0.25, 0.3) is 0 Å². The Kier molecular flexibility index (Phi) is 3.02. The highest BCUT2D eigenvalue weighted by Gasteiger charge is 2.45. The summed E-state index contributed by atoms with van der Waals surface area (Å²) in [6.07, 6.45) is -0.584. The van der Waals surface area contributed by atoms with E-state index in [1.165, 1.54) is 0 Å². The predicted molar refractivity (Wildman–Crippen MR) is 41.6 cm³/mol. The SMILES string of the molecule is O=C(NCCO)NC1CC(F)(F)C1. The molecule has 0 radical (unpaired) electrons. The molecule has 0 unspecified atom stereocenters. The number of carbonyl (C=O) groups is 1. The molecule has 0 aliphatic heterocycles. The van der Waals surface area contributed by atoms with Crippen molar-refractivity contribution in [2.45, 2.75) is 24.8 Å². The average Bonchev–Trinajstić information content (AvgIpc) is 1.97. The topological polar surface area (TPSA) is 61.4 Å². The molecule has 0 aromatic carbocycles. The number of urea groups is 1. The molecular formula is C7H12F2N2O2. The van der Waals surface area contributed by atoms with Gasteiger partial charge in [0, 0.05) is 25.4 Å². The molecule has 4 nitrogen and oxygen atoms in total. The molecule has 0 aromatic rings. The molecule has 2 amide bonds. The van der Waals surface area contributed by atoms with E-state index in [0.717, 1.165) is 0 Å². The van der Waals surface area contributed by atoms with Crippen molar-refractivity contribution in [2.24, 2.45) is 0 Å². The van der Waals surface area contributed by atoms with Crippen LogP contribution in [0.15, 0.2) is 0 Å². The summed E-state index contributed by atoms with van der Waals surface area (Å²) in [6.45, 7) is -0.0246. The summed E-state index contributed by atoms with van der Waals surface area (Å²) in [7, 11) is 0. The van der Waals surface area contributed by atoms with Gasteiger partial charge in [-0.25, -0.2) is 13.6 Å². The molecule has 1 aliphatic carbocycles. The van der Waals surface area contributed by atoms with Crippen molar-refractivity contribution in [3.8, 4) is 0 Å². The molecule has 1 saturated carbocycles. The average molecular weight is 194 g/mol. The fourth-order valence-corrected chi connectivity index (χ4v) is 1.17. The largest absolute Gasteiger partial charge is 0.395 e. The molecule has 1 aliphatic rings. The summed E-state index contributed by atoms with van der Waals surface area (Å²) in [5.41, 5.74) is 0. The van der Waals surface area contributed by atoms with E-state index < -0.39 is 18.0 Å². The van der Waals surface area contributed by atoms with E-state index in [1.807, 2.05) is 0 Å². The van der Waals surface area contributed by atoms with Crippen LogP contribution in [-0.4, -0.2) is 36.3 Å². The number of nitrogens with one attached hydrogen (secondary N) is 2. The summed E-state index contributed by atoms with van der Waals surface area (Å²) in [5.74, 6) is -2.62. The molecule has 1 fully saturated rings. The summed E-state index contributed by atoms with van der Waals surface area (Å²) < 4.78 is 24.6. The van der Waals surface area contributed by atoms with E-state index >= 15 is 0 Å². The third-order valence-electron chi connectivity index (χ3n) is 1.82. The number of aliphatic hydroxyl groups is 1. The second-order valence-corrected chi connectivity index (χ2v) is 3.08. The molecular weight excluding hydrogens is 182 g/mol. The number of alkyl halides is 2. The van der Waals surface area contributed by atoms with Crippen LogP contribution < -0.4 is 10.6 Å². The van der Waals surface area contributed by atoms with Gasteiger partial charge in [-0.15, -0.1) is 0 Å². The predicted octanol–water partition coefficient (Wildman–Crippen LogP) is 0.0756. The minimum absolute atomic E-state index is 0.134. The number of carbonyl (C=O) groups excluding carboxylic acids is 1. The fourth-order valence-electron chi connectivity index (χ4n) is 1.17. The van der Waals surface area contributed by atoms with Gasteiger partial charge in [0.15, 0.2) is 0 Å². The Morgan fingerprint density at radius 3 is 2.62 bits per heavy atom. The first-order valence-corrected chi connectivity index (χ1v) is 4.06. The number of halogens is 2. The Labute approximate surface area is 74.3 Å². The number of aliphatic hydroxyl groups excluding tert-OH is 1. The number of hydrogen-bond donors (Lipinski definition) is 3. The third kappa shape index (κ3) is 3.14. The maximum atomic E-state index is 12.3. The molecule has 76 valence electrons. The standard InChI is InChI=1S/C7H12F2N2O2/c8-7(9)3-5(4-7)11-6(13)10-1-2-12/h5,12H,1-4H2,(H2,10,11,13). The van der Waals surface area contributed by atoms with Gasteiger partial charge in [-0.05, 0) is 0 Å². The molecule has 1 rings (SSSR count). The smallest absolute Gasteiger partial charge is 0.315 e. The zero-order valence-electron chi connectivity index (χ0n) is 7.02. The lowest BCUT2D eigenvalue weighted by Gasteiger charge is -2.35. The maximum absolute atomic E-state index is 12.3. The van der Waals surface area contributed by atoms with Crippen molar-refractivity contribution >= 4 is 6.03 Å². The Bertz CT molecular complexity index is 191. The van der Waals surface area contributed by atoms with Gasteiger partial charge in [-0.2, -0.15) is 0 Å². The van der Waals surface area contributed by atoms with Gasteiger partial charge < -0.3 is 15.7 Å². The van der Waals surface area contributed by atoms with Crippen LogP contribution in [0.5, 0.6) is 0 Å². The minimum atomic E-state index is -2.62. The van der Waals surface area contributed by atoms with Crippen LogP contribution in [0.1, 0.15) is 12.8 Å². The number of rotatable bonds is 3. The molecule has 3 N–H and O–H groups in total. The van der Waals surface area contributed by atoms with Gasteiger partial charge in [-0.3, -0.25) is 0 Å². The zero-order chi connectivity index (χ0) is 9.90. The Balaban J connectivity index is 2.10. The van der Waals surface area contributed by atoms with Crippen molar-refractivity contribution < 1.29 is 18.7 Å². The van der Waals surface area contributed by atoms with E-state index in [1.54, 1.807) is 0 Å². The normalized spacial score (nSPS) is 20.5.